The molecule has 2 rings (SSSR count). The van der Waals surface area contributed by atoms with Crippen LogP contribution in [0.4, 0.5) is 0 Å². The third-order valence-corrected chi connectivity index (χ3v) is 4.07. The maximum absolute atomic E-state index is 11.7. The number of phenolic OH excluding ortho intramolecular Hbond substituents is 1. The fourth-order valence-corrected chi connectivity index (χ4v) is 2.37. The average molecular weight is 353 g/mol. The molecule has 0 atom stereocenters. The number of halogens is 2. The van der Waals surface area contributed by atoms with E-state index in [1.165, 1.54) is 0 Å². The zero-order valence-corrected chi connectivity index (χ0v) is 14.0. The van der Waals surface area contributed by atoms with Crippen LogP contribution in [0, 0.1) is 0 Å². The summed E-state index contributed by atoms with van der Waals surface area (Å²) in [5.74, 6) is 0.148. The van der Waals surface area contributed by atoms with Gasteiger partial charge in [-0.05, 0) is 48.2 Å². The van der Waals surface area contributed by atoms with Gasteiger partial charge in [0.15, 0.2) is 0 Å². The van der Waals surface area contributed by atoms with Crippen LogP contribution in [0.3, 0.4) is 0 Å². The number of carbonyl (C=O) groups excluding carboxylic acids is 1. The van der Waals surface area contributed by atoms with E-state index in [1.54, 1.807) is 30.3 Å². The van der Waals surface area contributed by atoms with Crippen LogP contribution in [0.15, 0.2) is 42.5 Å². The van der Waals surface area contributed by atoms with Crippen molar-refractivity contribution in [1.29, 1.82) is 0 Å². The molecule has 0 fully saturated rings. The van der Waals surface area contributed by atoms with Crippen LogP contribution >= 0.6 is 23.2 Å². The van der Waals surface area contributed by atoms with Gasteiger partial charge in [0.05, 0.1) is 10.0 Å². The van der Waals surface area contributed by atoms with Crippen molar-refractivity contribution in [2.24, 2.45) is 0 Å². The molecule has 4 nitrogen and oxygen atoms in total. The second-order valence-corrected chi connectivity index (χ2v) is 5.95. The Hall–Kier alpha value is -1.75. The fourth-order valence-electron chi connectivity index (χ4n) is 2.05. The summed E-state index contributed by atoms with van der Waals surface area (Å²) >= 11 is 11.8. The summed E-state index contributed by atoms with van der Waals surface area (Å²) in [4.78, 5) is 11.7. The van der Waals surface area contributed by atoms with E-state index in [0.717, 1.165) is 17.5 Å². The Morgan fingerprint density at radius 3 is 2.35 bits per heavy atom. The zero-order valence-electron chi connectivity index (χ0n) is 12.5. The Balaban J connectivity index is 1.64. The molecule has 0 aromatic heterocycles. The number of hydrogen-bond acceptors (Lipinski definition) is 3. The number of amides is 1. The number of hydrogen-bond donors (Lipinski definition) is 3. The maximum Gasteiger partial charge on any atom is 0.234 e. The molecule has 0 radical (unpaired) electrons. The molecular weight excluding hydrogens is 335 g/mol. The van der Waals surface area contributed by atoms with Gasteiger partial charge in [-0.25, -0.2) is 5.43 Å². The van der Waals surface area contributed by atoms with Crippen LogP contribution < -0.4 is 10.9 Å². The molecule has 6 heteroatoms. The first-order valence-electron chi connectivity index (χ1n) is 7.28. The van der Waals surface area contributed by atoms with Crippen molar-refractivity contribution in [3.05, 3.63) is 63.6 Å². The monoisotopic (exact) mass is 352 g/mol. The molecule has 23 heavy (non-hydrogen) atoms. The van der Waals surface area contributed by atoms with Crippen molar-refractivity contribution >= 4 is 29.1 Å². The Bertz CT molecular complexity index is 660. The molecule has 0 saturated carbocycles. The van der Waals surface area contributed by atoms with E-state index in [4.69, 9.17) is 23.2 Å². The largest absolute Gasteiger partial charge is 0.508 e. The van der Waals surface area contributed by atoms with Crippen molar-refractivity contribution < 1.29 is 9.90 Å². The standard InChI is InChI=1S/C17H18Cl2N2O2/c18-15-7-3-13(11-16(15)19)9-10-20-21-17(23)8-4-12-1-5-14(22)6-2-12/h1-3,5-7,11,20,22H,4,8-10H2,(H,21,23). The predicted octanol–water partition coefficient (Wildman–Crippen LogP) is 3.50. The van der Waals surface area contributed by atoms with E-state index < -0.39 is 0 Å². The Kier molecular flexibility index (Phi) is 6.71. The third kappa shape index (κ3) is 6.10. The lowest BCUT2D eigenvalue weighted by atomic mass is 10.1. The van der Waals surface area contributed by atoms with Gasteiger partial charge in [-0.2, -0.15) is 0 Å². The van der Waals surface area contributed by atoms with Gasteiger partial charge in [0.25, 0.3) is 0 Å². The summed E-state index contributed by atoms with van der Waals surface area (Å²) in [6.45, 7) is 0.600. The highest BCUT2D eigenvalue weighted by molar-refractivity contribution is 6.42. The summed E-state index contributed by atoms with van der Waals surface area (Å²) in [6, 6.07) is 12.3. The summed E-state index contributed by atoms with van der Waals surface area (Å²) in [7, 11) is 0. The molecule has 0 spiro atoms. The number of rotatable bonds is 7. The van der Waals surface area contributed by atoms with E-state index >= 15 is 0 Å². The number of phenols is 1. The first-order valence-corrected chi connectivity index (χ1v) is 8.04. The molecule has 0 aliphatic rings. The van der Waals surface area contributed by atoms with E-state index in [-0.39, 0.29) is 11.7 Å². The predicted molar refractivity (Wildman–Crippen MR) is 92.7 cm³/mol. The smallest absolute Gasteiger partial charge is 0.234 e. The number of carbonyl (C=O) groups is 1. The van der Waals surface area contributed by atoms with Crippen LogP contribution in [0.25, 0.3) is 0 Å². The van der Waals surface area contributed by atoms with Gasteiger partial charge in [0.2, 0.25) is 5.91 Å². The van der Waals surface area contributed by atoms with Crippen LogP contribution in [-0.2, 0) is 17.6 Å². The van der Waals surface area contributed by atoms with Gasteiger partial charge < -0.3 is 5.11 Å². The lowest BCUT2D eigenvalue weighted by Crippen LogP contribution is -2.38. The molecular formula is C17H18Cl2N2O2. The van der Waals surface area contributed by atoms with Crippen molar-refractivity contribution in [3.63, 3.8) is 0 Å². The van der Waals surface area contributed by atoms with Crippen molar-refractivity contribution in [2.75, 3.05) is 6.54 Å². The fraction of sp³-hybridized carbons (Fsp3) is 0.235. The van der Waals surface area contributed by atoms with Gasteiger partial charge in [-0.1, -0.05) is 41.4 Å². The van der Waals surface area contributed by atoms with Crippen molar-refractivity contribution in [1.82, 2.24) is 10.9 Å². The van der Waals surface area contributed by atoms with E-state index in [2.05, 4.69) is 10.9 Å². The number of aryl methyl sites for hydroxylation is 1. The van der Waals surface area contributed by atoms with Gasteiger partial charge in [-0.15, -0.1) is 0 Å². The minimum Gasteiger partial charge on any atom is -0.508 e. The minimum absolute atomic E-state index is 0.0767. The van der Waals surface area contributed by atoms with Crippen molar-refractivity contribution in [2.45, 2.75) is 19.3 Å². The highest BCUT2D eigenvalue weighted by Crippen LogP contribution is 2.22. The van der Waals surface area contributed by atoms with Crippen LogP contribution in [-0.4, -0.2) is 17.6 Å². The number of hydrazine groups is 1. The highest BCUT2D eigenvalue weighted by atomic mass is 35.5. The lowest BCUT2D eigenvalue weighted by Gasteiger charge is -2.08. The summed E-state index contributed by atoms with van der Waals surface area (Å²) < 4.78 is 0. The van der Waals surface area contributed by atoms with Crippen LogP contribution in [0.5, 0.6) is 5.75 Å². The second kappa shape index (κ2) is 8.77. The zero-order chi connectivity index (χ0) is 16.7. The molecule has 3 N–H and O–H groups in total. The van der Waals surface area contributed by atoms with Crippen LogP contribution in [0.2, 0.25) is 10.0 Å². The summed E-state index contributed by atoms with van der Waals surface area (Å²) in [5, 5.41) is 10.3. The molecule has 0 heterocycles. The molecule has 0 aliphatic carbocycles. The lowest BCUT2D eigenvalue weighted by molar-refractivity contribution is -0.122. The molecule has 0 aliphatic heterocycles. The SMILES string of the molecule is O=C(CCc1ccc(O)cc1)NNCCc1ccc(Cl)c(Cl)c1. The molecule has 2 aromatic rings. The van der Waals surface area contributed by atoms with Gasteiger partial charge in [0, 0.05) is 13.0 Å². The molecule has 0 bridgehead atoms. The minimum atomic E-state index is -0.0767. The van der Waals surface area contributed by atoms with E-state index in [0.29, 0.717) is 29.4 Å². The van der Waals surface area contributed by atoms with E-state index in [9.17, 15) is 9.90 Å². The highest BCUT2D eigenvalue weighted by Gasteiger charge is 2.03. The molecule has 0 unspecified atom stereocenters. The maximum atomic E-state index is 11.7. The van der Waals surface area contributed by atoms with Gasteiger partial charge in [0.1, 0.15) is 5.75 Å². The number of benzene rings is 2. The normalized spacial score (nSPS) is 10.5. The average Bonchev–Trinajstić information content (AvgIpc) is 2.54. The second-order valence-electron chi connectivity index (χ2n) is 5.14. The van der Waals surface area contributed by atoms with Crippen LogP contribution in [0.1, 0.15) is 17.5 Å². The van der Waals surface area contributed by atoms with E-state index in [1.807, 2.05) is 12.1 Å². The molecule has 122 valence electrons. The molecule has 1 amide bonds. The topological polar surface area (TPSA) is 61.4 Å². The third-order valence-electron chi connectivity index (χ3n) is 3.33. The number of aromatic hydroxyl groups is 1. The quantitative estimate of drug-likeness (QED) is 0.527. The number of nitrogens with one attached hydrogen (secondary N) is 2. The van der Waals surface area contributed by atoms with Gasteiger partial charge in [-0.3, -0.25) is 10.2 Å². The summed E-state index contributed by atoms with van der Waals surface area (Å²) in [5.41, 5.74) is 7.62. The molecule has 2 aromatic carbocycles. The Labute approximate surface area is 145 Å². The summed E-state index contributed by atoms with van der Waals surface area (Å²) in [6.07, 6.45) is 1.74. The molecule has 0 saturated heterocycles. The first-order chi connectivity index (χ1) is 11.0. The Morgan fingerprint density at radius 1 is 0.957 bits per heavy atom. The Morgan fingerprint density at radius 2 is 1.65 bits per heavy atom. The van der Waals surface area contributed by atoms with Crippen molar-refractivity contribution in [3.8, 4) is 5.75 Å². The van der Waals surface area contributed by atoms with Gasteiger partial charge >= 0.3 is 0 Å². The first kappa shape index (κ1) is 17.6.